The molecule has 3 rings (SSSR count). The van der Waals surface area contributed by atoms with Crippen molar-refractivity contribution < 1.29 is 0 Å². The van der Waals surface area contributed by atoms with Crippen molar-refractivity contribution in [2.24, 2.45) is 5.92 Å². The molecule has 0 unspecified atom stereocenters. The zero-order valence-corrected chi connectivity index (χ0v) is 11.6. The van der Waals surface area contributed by atoms with Crippen molar-refractivity contribution in [2.75, 3.05) is 13.1 Å². The average molecular weight is 255 g/mol. The number of hydrogen-bond donors (Lipinski definition) is 1. The highest BCUT2D eigenvalue weighted by Gasteiger charge is 2.49. The van der Waals surface area contributed by atoms with E-state index in [-0.39, 0.29) is 11.5 Å². The molecule has 19 heavy (non-hydrogen) atoms. The zero-order valence-electron chi connectivity index (χ0n) is 11.6. The first kappa shape index (κ1) is 12.7. The molecule has 1 N–H and O–H groups in total. The van der Waals surface area contributed by atoms with Gasteiger partial charge in [0.2, 0.25) is 0 Å². The molecule has 2 aliphatic heterocycles. The highest BCUT2D eigenvalue weighted by atomic mass is 15.3. The van der Waals surface area contributed by atoms with Crippen LogP contribution >= 0.6 is 0 Å². The lowest BCUT2D eigenvalue weighted by Crippen LogP contribution is -2.59. The Bertz CT molecular complexity index is 488. The molecule has 2 aliphatic rings. The minimum absolute atomic E-state index is 0.00963. The molecular formula is C16H21N3. The number of rotatable bonds is 2. The molecule has 1 aromatic rings. The van der Waals surface area contributed by atoms with Gasteiger partial charge in [-0.05, 0) is 25.8 Å². The lowest BCUT2D eigenvalue weighted by Gasteiger charge is -2.47. The van der Waals surface area contributed by atoms with Gasteiger partial charge in [0, 0.05) is 30.7 Å². The number of fused-ring (bicyclic) bond motifs is 2. The predicted molar refractivity (Wildman–Crippen MR) is 75.5 cm³/mol. The first-order chi connectivity index (χ1) is 9.14. The van der Waals surface area contributed by atoms with E-state index in [9.17, 15) is 5.26 Å². The Labute approximate surface area is 115 Å². The third kappa shape index (κ3) is 1.96. The monoisotopic (exact) mass is 255 g/mol. The summed E-state index contributed by atoms with van der Waals surface area (Å²) in [5.41, 5.74) is 1.33. The summed E-state index contributed by atoms with van der Waals surface area (Å²) >= 11 is 0. The Balaban J connectivity index is 1.96. The van der Waals surface area contributed by atoms with E-state index in [2.05, 4.69) is 60.5 Å². The predicted octanol–water partition coefficient (Wildman–Crippen LogP) is 2.11. The van der Waals surface area contributed by atoms with Crippen LogP contribution in [0.1, 0.15) is 25.8 Å². The van der Waals surface area contributed by atoms with Gasteiger partial charge >= 0.3 is 0 Å². The van der Waals surface area contributed by atoms with Gasteiger partial charge in [0.25, 0.3) is 0 Å². The maximum Gasteiger partial charge on any atom is 0.0673 e. The summed E-state index contributed by atoms with van der Waals surface area (Å²) in [6, 6.07) is 14.0. The second-order valence-electron chi connectivity index (χ2n) is 6.18. The molecule has 0 aliphatic carbocycles. The van der Waals surface area contributed by atoms with Crippen LogP contribution in [-0.2, 0) is 5.54 Å². The fourth-order valence-corrected chi connectivity index (χ4v) is 3.85. The molecule has 2 bridgehead atoms. The van der Waals surface area contributed by atoms with Crippen LogP contribution in [0.2, 0.25) is 0 Å². The molecular weight excluding hydrogens is 234 g/mol. The smallest absolute Gasteiger partial charge is 0.0673 e. The van der Waals surface area contributed by atoms with Crippen LogP contribution in [0.5, 0.6) is 0 Å². The second-order valence-corrected chi connectivity index (χ2v) is 6.18. The van der Waals surface area contributed by atoms with Gasteiger partial charge in [-0.1, -0.05) is 30.3 Å². The molecule has 100 valence electrons. The largest absolute Gasteiger partial charge is 0.314 e. The van der Waals surface area contributed by atoms with Gasteiger partial charge < -0.3 is 5.32 Å². The molecule has 2 saturated heterocycles. The molecule has 3 heteroatoms. The maximum atomic E-state index is 9.36. The zero-order chi connectivity index (χ0) is 13.5. The number of benzene rings is 1. The van der Waals surface area contributed by atoms with Crippen molar-refractivity contribution >= 4 is 0 Å². The summed E-state index contributed by atoms with van der Waals surface area (Å²) in [4.78, 5) is 2.58. The van der Waals surface area contributed by atoms with Crippen LogP contribution in [0.4, 0.5) is 0 Å². The summed E-state index contributed by atoms with van der Waals surface area (Å²) in [5.74, 6) is 0.169. The van der Waals surface area contributed by atoms with E-state index in [4.69, 9.17) is 0 Å². The van der Waals surface area contributed by atoms with Gasteiger partial charge in [0.15, 0.2) is 0 Å². The highest BCUT2D eigenvalue weighted by Crippen LogP contribution is 2.41. The highest BCUT2D eigenvalue weighted by molar-refractivity contribution is 5.25. The van der Waals surface area contributed by atoms with Crippen LogP contribution < -0.4 is 5.32 Å². The fourth-order valence-electron chi connectivity index (χ4n) is 3.85. The van der Waals surface area contributed by atoms with Gasteiger partial charge in [0.05, 0.1) is 12.0 Å². The quantitative estimate of drug-likeness (QED) is 0.879. The number of nitrogens with one attached hydrogen (secondary N) is 1. The Kier molecular flexibility index (Phi) is 3.08. The Morgan fingerprint density at radius 3 is 2.68 bits per heavy atom. The summed E-state index contributed by atoms with van der Waals surface area (Å²) in [7, 11) is 0. The lowest BCUT2D eigenvalue weighted by atomic mass is 9.89. The van der Waals surface area contributed by atoms with Gasteiger partial charge in [-0.25, -0.2) is 0 Å². The first-order valence-corrected chi connectivity index (χ1v) is 7.09. The van der Waals surface area contributed by atoms with E-state index in [1.54, 1.807) is 0 Å². The van der Waals surface area contributed by atoms with E-state index in [1.165, 1.54) is 5.56 Å². The SMILES string of the molecule is CC(C)(c1ccccc1)N1[C@H]2CNC[C@@H]1[C@H](C#N)C2. The van der Waals surface area contributed by atoms with Crippen molar-refractivity contribution in [2.45, 2.75) is 37.9 Å². The number of nitriles is 1. The van der Waals surface area contributed by atoms with E-state index in [1.807, 2.05) is 0 Å². The summed E-state index contributed by atoms with van der Waals surface area (Å²) in [6.07, 6.45) is 1.00. The van der Waals surface area contributed by atoms with Crippen LogP contribution in [0.15, 0.2) is 30.3 Å². The first-order valence-electron chi connectivity index (χ1n) is 7.09. The van der Waals surface area contributed by atoms with Gasteiger partial charge in [-0.2, -0.15) is 5.26 Å². The molecule has 0 radical (unpaired) electrons. The second kappa shape index (κ2) is 4.63. The number of nitrogens with zero attached hydrogens (tertiary/aromatic N) is 2. The number of hydrogen-bond acceptors (Lipinski definition) is 3. The van der Waals surface area contributed by atoms with Gasteiger partial charge in [-0.15, -0.1) is 0 Å². The van der Waals surface area contributed by atoms with Crippen molar-refractivity contribution in [1.29, 1.82) is 5.26 Å². The normalized spacial score (nSPS) is 31.1. The summed E-state index contributed by atoms with van der Waals surface area (Å²) in [5, 5.41) is 12.8. The third-order valence-corrected chi connectivity index (χ3v) is 4.77. The molecule has 2 heterocycles. The molecule has 0 saturated carbocycles. The van der Waals surface area contributed by atoms with E-state index in [0.29, 0.717) is 12.1 Å². The molecule has 0 spiro atoms. The Morgan fingerprint density at radius 2 is 2.00 bits per heavy atom. The van der Waals surface area contributed by atoms with Crippen LogP contribution in [-0.4, -0.2) is 30.1 Å². The topological polar surface area (TPSA) is 39.1 Å². The maximum absolute atomic E-state index is 9.36. The van der Waals surface area contributed by atoms with Crippen molar-refractivity contribution in [1.82, 2.24) is 10.2 Å². The number of piperazine rings is 1. The van der Waals surface area contributed by atoms with E-state index >= 15 is 0 Å². The summed E-state index contributed by atoms with van der Waals surface area (Å²) < 4.78 is 0. The van der Waals surface area contributed by atoms with Crippen LogP contribution in [0.3, 0.4) is 0 Å². The van der Waals surface area contributed by atoms with E-state index < -0.39 is 0 Å². The van der Waals surface area contributed by atoms with Crippen LogP contribution in [0, 0.1) is 17.2 Å². The Morgan fingerprint density at radius 1 is 1.26 bits per heavy atom. The summed E-state index contributed by atoms with van der Waals surface area (Å²) in [6.45, 7) is 6.51. The van der Waals surface area contributed by atoms with Gasteiger partial charge in [-0.3, -0.25) is 4.90 Å². The standard InChI is InChI=1S/C16H21N3/c1-16(2,13-6-4-3-5-7-13)19-14-8-12(9-17)15(19)11-18-10-14/h3-7,12,14-15,18H,8,10-11H2,1-2H3/t12-,14+,15+/m0/s1. The molecule has 0 aromatic heterocycles. The average Bonchev–Trinajstić information content (AvgIpc) is 2.67. The third-order valence-electron chi connectivity index (χ3n) is 4.77. The minimum atomic E-state index is -0.00963. The molecule has 3 atom stereocenters. The van der Waals surface area contributed by atoms with Crippen molar-refractivity contribution in [3.8, 4) is 6.07 Å². The molecule has 0 amide bonds. The molecule has 1 aromatic carbocycles. The minimum Gasteiger partial charge on any atom is -0.314 e. The molecule has 2 fully saturated rings. The molecule has 3 nitrogen and oxygen atoms in total. The van der Waals surface area contributed by atoms with Crippen molar-refractivity contribution in [3.05, 3.63) is 35.9 Å². The fraction of sp³-hybridized carbons (Fsp3) is 0.562. The lowest BCUT2D eigenvalue weighted by molar-refractivity contribution is 0.0353. The Hall–Kier alpha value is -1.37. The van der Waals surface area contributed by atoms with E-state index in [0.717, 1.165) is 19.5 Å². The van der Waals surface area contributed by atoms with Crippen LogP contribution in [0.25, 0.3) is 0 Å². The van der Waals surface area contributed by atoms with Gasteiger partial charge in [0.1, 0.15) is 0 Å². The van der Waals surface area contributed by atoms with Crippen molar-refractivity contribution in [3.63, 3.8) is 0 Å².